The molecule has 12 heteroatoms. The molecule has 2 heterocycles. The summed E-state index contributed by atoms with van der Waals surface area (Å²) in [7, 11) is 0. The standard InChI is InChI=1S/C31H20BrN5O6/c32-21-11-13-26-20(15-21)16-28(43-26)30-35-24-9-5-4-8-23(24)31(39)36(30)33-17-19-10-12-27(25(14-19)37(40)41)42-18-29(38)34-22-6-2-1-3-7-22/h1-17H,18H2,(H,34,38). The Morgan fingerprint density at radius 3 is 2.65 bits per heavy atom. The lowest BCUT2D eigenvalue weighted by Gasteiger charge is -2.09. The second-order valence-electron chi connectivity index (χ2n) is 9.29. The van der Waals surface area contributed by atoms with E-state index in [9.17, 15) is 19.7 Å². The number of ether oxygens (including phenoxy) is 1. The number of nitro benzene ring substituents is 1. The van der Waals surface area contributed by atoms with Crippen LogP contribution in [0.25, 0.3) is 33.5 Å². The fraction of sp³-hybridized carbons (Fsp3) is 0.0323. The van der Waals surface area contributed by atoms with Gasteiger partial charge in [0.2, 0.25) is 5.82 Å². The minimum Gasteiger partial charge on any atom is -0.477 e. The predicted octanol–water partition coefficient (Wildman–Crippen LogP) is 6.38. The number of amides is 1. The quantitative estimate of drug-likeness (QED) is 0.116. The first-order valence-electron chi connectivity index (χ1n) is 12.9. The van der Waals surface area contributed by atoms with Gasteiger partial charge in [-0.25, -0.2) is 4.98 Å². The highest BCUT2D eigenvalue weighted by molar-refractivity contribution is 9.10. The van der Waals surface area contributed by atoms with Crippen molar-refractivity contribution in [3.63, 3.8) is 0 Å². The molecular formula is C31H20BrN5O6. The van der Waals surface area contributed by atoms with Crippen LogP contribution < -0.4 is 15.6 Å². The van der Waals surface area contributed by atoms with Crippen LogP contribution in [-0.2, 0) is 4.79 Å². The Morgan fingerprint density at radius 1 is 1.05 bits per heavy atom. The zero-order chi connectivity index (χ0) is 29.9. The van der Waals surface area contributed by atoms with E-state index < -0.39 is 23.0 Å². The third kappa shape index (κ3) is 5.90. The summed E-state index contributed by atoms with van der Waals surface area (Å²) >= 11 is 3.45. The maximum atomic E-state index is 13.5. The van der Waals surface area contributed by atoms with E-state index in [0.717, 1.165) is 14.5 Å². The number of carbonyl (C=O) groups excluding carboxylic acids is 1. The Kier molecular flexibility index (Phi) is 7.50. The molecule has 0 aliphatic rings. The molecule has 0 atom stereocenters. The van der Waals surface area contributed by atoms with Crippen molar-refractivity contribution in [3.8, 4) is 17.3 Å². The number of fused-ring (bicyclic) bond motifs is 2. The summed E-state index contributed by atoms with van der Waals surface area (Å²) in [4.78, 5) is 41.6. The molecule has 1 amide bonds. The van der Waals surface area contributed by atoms with E-state index in [1.54, 1.807) is 60.7 Å². The number of nitrogens with one attached hydrogen (secondary N) is 1. The van der Waals surface area contributed by atoms with Crippen LogP contribution in [0.2, 0.25) is 0 Å². The SMILES string of the molecule is O=C(COc1ccc(C=Nn2c(-c3cc4cc(Br)ccc4o3)nc3ccccc3c2=O)cc1[N+](=O)[O-])Nc1ccccc1. The van der Waals surface area contributed by atoms with E-state index in [0.29, 0.717) is 33.5 Å². The number of hydrogen-bond donors (Lipinski definition) is 1. The fourth-order valence-electron chi connectivity index (χ4n) is 4.38. The molecule has 6 rings (SSSR count). The average molecular weight is 638 g/mol. The topological polar surface area (TPSA) is 142 Å². The molecule has 43 heavy (non-hydrogen) atoms. The van der Waals surface area contributed by atoms with Crippen LogP contribution in [0.4, 0.5) is 11.4 Å². The van der Waals surface area contributed by atoms with Crippen LogP contribution in [0.15, 0.2) is 116 Å². The van der Waals surface area contributed by atoms with Crippen LogP contribution in [0, 0.1) is 10.1 Å². The second-order valence-corrected chi connectivity index (χ2v) is 10.2. The van der Waals surface area contributed by atoms with Gasteiger partial charge in [-0.15, -0.1) is 0 Å². The Balaban J connectivity index is 1.32. The molecule has 1 N–H and O–H groups in total. The monoisotopic (exact) mass is 637 g/mol. The molecule has 0 saturated carbocycles. The summed E-state index contributed by atoms with van der Waals surface area (Å²) in [5, 5.41) is 20.0. The average Bonchev–Trinajstić information content (AvgIpc) is 3.43. The number of benzene rings is 4. The van der Waals surface area contributed by atoms with Crippen molar-refractivity contribution < 1.29 is 18.9 Å². The highest BCUT2D eigenvalue weighted by Gasteiger charge is 2.19. The number of nitrogens with zero attached hydrogens (tertiary/aromatic N) is 4. The molecule has 2 aromatic heterocycles. The highest BCUT2D eigenvalue weighted by Crippen LogP contribution is 2.30. The van der Waals surface area contributed by atoms with E-state index in [1.165, 1.54) is 24.4 Å². The summed E-state index contributed by atoms with van der Waals surface area (Å²) in [5.41, 5.74) is 1.13. The number of hydrogen-bond acceptors (Lipinski definition) is 8. The Hall–Kier alpha value is -5.62. The van der Waals surface area contributed by atoms with Crippen LogP contribution in [-0.4, -0.2) is 33.3 Å². The third-order valence-electron chi connectivity index (χ3n) is 6.37. The van der Waals surface area contributed by atoms with Crippen molar-refractivity contribution in [2.45, 2.75) is 0 Å². The van der Waals surface area contributed by atoms with Crippen molar-refractivity contribution in [1.29, 1.82) is 0 Å². The molecule has 0 fully saturated rings. The maximum Gasteiger partial charge on any atom is 0.311 e. The number of halogens is 1. The van der Waals surface area contributed by atoms with Gasteiger partial charge < -0.3 is 14.5 Å². The lowest BCUT2D eigenvalue weighted by atomic mass is 10.2. The Morgan fingerprint density at radius 2 is 1.84 bits per heavy atom. The maximum absolute atomic E-state index is 13.5. The van der Waals surface area contributed by atoms with Gasteiger partial charge in [0.25, 0.3) is 11.5 Å². The van der Waals surface area contributed by atoms with Crippen molar-refractivity contribution >= 4 is 61.3 Å². The highest BCUT2D eigenvalue weighted by atomic mass is 79.9. The molecule has 0 radical (unpaired) electrons. The minimum atomic E-state index is -0.622. The van der Waals surface area contributed by atoms with Gasteiger partial charge in [0.1, 0.15) is 5.58 Å². The van der Waals surface area contributed by atoms with Crippen LogP contribution in [0.3, 0.4) is 0 Å². The number of anilines is 1. The molecular weight excluding hydrogens is 618 g/mol. The number of furan rings is 1. The van der Waals surface area contributed by atoms with Gasteiger partial charge in [-0.05, 0) is 60.7 Å². The Bertz CT molecular complexity index is 2110. The lowest BCUT2D eigenvalue weighted by Crippen LogP contribution is -2.20. The van der Waals surface area contributed by atoms with Gasteiger partial charge in [-0.2, -0.15) is 9.78 Å². The predicted molar refractivity (Wildman–Crippen MR) is 166 cm³/mol. The lowest BCUT2D eigenvalue weighted by molar-refractivity contribution is -0.385. The molecule has 0 aliphatic heterocycles. The van der Waals surface area contributed by atoms with Gasteiger partial charge in [-0.1, -0.05) is 46.3 Å². The zero-order valence-electron chi connectivity index (χ0n) is 22.1. The third-order valence-corrected chi connectivity index (χ3v) is 6.86. The summed E-state index contributed by atoms with van der Waals surface area (Å²) < 4.78 is 13.4. The molecule has 6 aromatic rings. The van der Waals surface area contributed by atoms with Crippen molar-refractivity contribution in [2.75, 3.05) is 11.9 Å². The van der Waals surface area contributed by atoms with Gasteiger partial charge in [0, 0.05) is 27.2 Å². The number of nitro groups is 1. The van der Waals surface area contributed by atoms with E-state index >= 15 is 0 Å². The first-order chi connectivity index (χ1) is 20.9. The van der Waals surface area contributed by atoms with E-state index in [-0.39, 0.29) is 17.3 Å². The number of carbonyl (C=O) groups is 1. The first-order valence-corrected chi connectivity index (χ1v) is 13.7. The molecule has 0 aliphatic carbocycles. The molecule has 11 nitrogen and oxygen atoms in total. The second kappa shape index (κ2) is 11.7. The summed E-state index contributed by atoms with van der Waals surface area (Å²) in [5.74, 6) is -0.0911. The largest absolute Gasteiger partial charge is 0.477 e. The van der Waals surface area contributed by atoms with Crippen molar-refractivity contribution in [1.82, 2.24) is 9.66 Å². The van der Waals surface area contributed by atoms with Gasteiger partial charge in [-0.3, -0.25) is 19.7 Å². The van der Waals surface area contributed by atoms with Crippen LogP contribution >= 0.6 is 15.9 Å². The minimum absolute atomic E-state index is 0.0935. The normalized spacial score (nSPS) is 11.3. The van der Waals surface area contributed by atoms with E-state index in [2.05, 4.69) is 31.3 Å². The van der Waals surface area contributed by atoms with Gasteiger partial charge in [0.05, 0.1) is 22.0 Å². The molecule has 0 unspecified atom stereocenters. The summed E-state index contributed by atoms with van der Waals surface area (Å²) in [6.45, 7) is -0.432. The number of aromatic nitrogens is 2. The van der Waals surface area contributed by atoms with Crippen molar-refractivity contribution in [3.05, 3.63) is 128 Å². The van der Waals surface area contributed by atoms with Gasteiger partial charge >= 0.3 is 5.69 Å². The summed E-state index contributed by atoms with van der Waals surface area (Å²) in [6, 6.07) is 27.0. The van der Waals surface area contributed by atoms with Crippen molar-refractivity contribution in [2.24, 2.45) is 5.10 Å². The number of rotatable bonds is 8. The number of para-hydroxylation sites is 2. The van der Waals surface area contributed by atoms with Gasteiger partial charge in [0.15, 0.2) is 18.1 Å². The molecule has 0 bridgehead atoms. The van der Waals surface area contributed by atoms with Crippen LogP contribution in [0.5, 0.6) is 5.75 Å². The molecule has 0 spiro atoms. The fourth-order valence-corrected chi connectivity index (χ4v) is 4.76. The molecule has 4 aromatic carbocycles. The summed E-state index contributed by atoms with van der Waals surface area (Å²) in [6.07, 6.45) is 1.31. The van der Waals surface area contributed by atoms with E-state index in [1.807, 2.05) is 18.2 Å². The van der Waals surface area contributed by atoms with Crippen LogP contribution in [0.1, 0.15) is 5.56 Å². The Labute approximate surface area is 251 Å². The van der Waals surface area contributed by atoms with E-state index in [4.69, 9.17) is 9.15 Å². The molecule has 0 saturated heterocycles. The first kappa shape index (κ1) is 27.5. The smallest absolute Gasteiger partial charge is 0.311 e. The zero-order valence-corrected chi connectivity index (χ0v) is 23.7. The molecule has 212 valence electrons.